The number of pyridine rings is 1. The minimum atomic E-state index is -4.94. The van der Waals surface area contributed by atoms with Crippen LogP contribution < -0.4 is 26.3 Å². The van der Waals surface area contributed by atoms with Crippen molar-refractivity contribution < 1.29 is 36.6 Å². The van der Waals surface area contributed by atoms with Crippen LogP contribution in [0.1, 0.15) is 48.3 Å². The molecule has 1 aliphatic carbocycles. The molecule has 3 aromatic rings. The molecule has 2 amide bonds. The van der Waals surface area contributed by atoms with Crippen LogP contribution in [0.15, 0.2) is 48.5 Å². The number of carbonyl (C=O) groups is 2. The number of rotatable bonds is 10. The fourth-order valence-corrected chi connectivity index (χ4v) is 4.21. The van der Waals surface area contributed by atoms with Crippen LogP contribution in [0.4, 0.5) is 17.6 Å². The summed E-state index contributed by atoms with van der Waals surface area (Å²) in [5.74, 6) is -1.87. The van der Waals surface area contributed by atoms with Gasteiger partial charge >= 0.3 is 6.18 Å². The molecule has 224 valence electrons. The van der Waals surface area contributed by atoms with Crippen LogP contribution in [-0.2, 0) is 15.7 Å². The zero-order valence-electron chi connectivity index (χ0n) is 22.9. The van der Waals surface area contributed by atoms with Crippen molar-refractivity contribution in [3.05, 3.63) is 76.2 Å². The first kappa shape index (κ1) is 31.0. The van der Waals surface area contributed by atoms with Gasteiger partial charge in [-0.05, 0) is 80.8 Å². The van der Waals surface area contributed by atoms with E-state index in [1.165, 1.54) is 50.4 Å². The Kier molecular flexibility index (Phi) is 8.43. The Morgan fingerprint density at radius 3 is 2.33 bits per heavy atom. The number of nitrogens with two attached hydrogens (primary N) is 2. The van der Waals surface area contributed by atoms with Crippen LogP contribution in [0.2, 0.25) is 5.02 Å². The molecule has 2 unspecified atom stereocenters. The Bertz CT molecular complexity index is 1530. The third kappa shape index (κ3) is 6.29. The van der Waals surface area contributed by atoms with Crippen molar-refractivity contribution in [2.24, 2.45) is 11.5 Å². The molecule has 1 saturated carbocycles. The van der Waals surface area contributed by atoms with Crippen molar-refractivity contribution in [2.45, 2.75) is 49.9 Å². The average Bonchev–Trinajstić information content (AvgIpc) is 3.76. The van der Waals surface area contributed by atoms with Gasteiger partial charge in [-0.2, -0.15) is 13.2 Å². The number of halogens is 5. The van der Waals surface area contributed by atoms with E-state index in [9.17, 15) is 27.2 Å². The largest absolute Gasteiger partial charge is 0.493 e. The lowest BCUT2D eigenvalue weighted by Gasteiger charge is -2.33. The van der Waals surface area contributed by atoms with E-state index in [0.29, 0.717) is 5.75 Å². The Hall–Kier alpha value is -3.90. The summed E-state index contributed by atoms with van der Waals surface area (Å²) in [6.07, 6.45) is -3.08. The van der Waals surface area contributed by atoms with E-state index in [2.05, 4.69) is 10.3 Å². The number of ether oxygens (including phenoxy) is 2. The fraction of sp³-hybridized carbons (Fsp3) is 0.345. The third-order valence-corrected chi connectivity index (χ3v) is 7.48. The van der Waals surface area contributed by atoms with Gasteiger partial charge in [-0.25, -0.2) is 4.39 Å². The summed E-state index contributed by atoms with van der Waals surface area (Å²) in [5, 5.41) is 2.05. The van der Waals surface area contributed by atoms with Crippen molar-refractivity contribution in [3.63, 3.8) is 0 Å². The molecule has 4 rings (SSSR count). The van der Waals surface area contributed by atoms with Gasteiger partial charge in [-0.15, -0.1) is 0 Å². The van der Waals surface area contributed by atoms with E-state index in [1.807, 2.05) is 0 Å². The Labute approximate surface area is 244 Å². The van der Waals surface area contributed by atoms with Gasteiger partial charge in [0.05, 0.1) is 29.6 Å². The first-order chi connectivity index (χ1) is 19.6. The number of aromatic nitrogens is 1. The maximum atomic E-state index is 14.8. The van der Waals surface area contributed by atoms with Gasteiger partial charge in [-0.1, -0.05) is 11.6 Å². The lowest BCUT2D eigenvalue weighted by Crippen LogP contribution is -2.50. The lowest BCUT2D eigenvalue weighted by atomic mass is 9.81. The third-order valence-electron chi connectivity index (χ3n) is 7.19. The average molecular weight is 609 g/mol. The number of amides is 2. The number of benzene rings is 2. The highest BCUT2D eigenvalue weighted by Gasteiger charge is 2.54. The first-order valence-electron chi connectivity index (χ1n) is 12.8. The fourth-order valence-electron chi connectivity index (χ4n) is 4.03. The molecule has 1 fully saturated rings. The maximum absolute atomic E-state index is 14.8. The smallest absolute Gasteiger partial charge is 0.401 e. The lowest BCUT2D eigenvalue weighted by molar-refractivity contribution is -0.184. The summed E-state index contributed by atoms with van der Waals surface area (Å²) >= 11 is 5.90. The molecule has 0 saturated heterocycles. The number of nitrogens with zero attached hydrogens (tertiary/aromatic N) is 1. The zero-order chi connectivity index (χ0) is 31.0. The highest BCUT2D eigenvalue weighted by atomic mass is 35.5. The molecule has 8 nitrogen and oxygen atoms in total. The molecule has 1 aromatic heterocycles. The molecule has 5 N–H and O–H groups in total. The highest BCUT2D eigenvalue weighted by Crippen LogP contribution is 2.42. The van der Waals surface area contributed by atoms with Gasteiger partial charge < -0.3 is 26.3 Å². The van der Waals surface area contributed by atoms with Gasteiger partial charge in [0.25, 0.3) is 5.91 Å². The molecule has 42 heavy (non-hydrogen) atoms. The molecule has 1 heterocycles. The van der Waals surface area contributed by atoms with Crippen molar-refractivity contribution >= 4 is 23.4 Å². The SMILES string of the molecule is COc1cc(C(=O)NCC(C)(c2cc(C(C)(N)C(N)=O)cc(-c3ccc(F)c(Cl)c3)n2)C(F)(F)F)ccc1OC1CC1. The van der Waals surface area contributed by atoms with E-state index >= 15 is 0 Å². The first-order valence-corrected chi connectivity index (χ1v) is 13.2. The monoisotopic (exact) mass is 608 g/mol. The number of hydrogen-bond donors (Lipinski definition) is 3. The molecule has 0 spiro atoms. The maximum Gasteiger partial charge on any atom is 0.401 e. The van der Waals surface area contributed by atoms with Gasteiger partial charge in [-0.3, -0.25) is 14.6 Å². The molecule has 0 radical (unpaired) electrons. The number of primary amides is 1. The second-order valence-electron chi connectivity index (χ2n) is 10.5. The Balaban J connectivity index is 1.73. The zero-order valence-corrected chi connectivity index (χ0v) is 23.7. The quantitative estimate of drug-likeness (QED) is 0.278. The van der Waals surface area contributed by atoms with Crippen LogP contribution in [0.3, 0.4) is 0 Å². The number of alkyl halides is 3. The van der Waals surface area contributed by atoms with Crippen LogP contribution in [-0.4, -0.2) is 42.7 Å². The van der Waals surface area contributed by atoms with Crippen LogP contribution in [0, 0.1) is 5.82 Å². The van der Waals surface area contributed by atoms with Crippen molar-refractivity contribution in [1.29, 1.82) is 0 Å². The number of nitrogens with one attached hydrogen (secondary N) is 1. The van der Waals surface area contributed by atoms with E-state index in [1.54, 1.807) is 0 Å². The number of carbonyl (C=O) groups excluding carboxylic acids is 2. The molecular formula is C29H29ClF4N4O4. The standard InChI is InChI=1S/C29H29ClF4N4O4/c1-27(29(32,33)34,14-37-25(39)16-5-9-22(23(11-16)41-3)42-18-6-7-18)24-13-17(28(2,36)26(35)40)12-21(38-24)15-4-8-20(31)19(30)10-15/h4-5,8-13,18H,6-7,14,36H2,1-3H3,(H2,35,40)(H,37,39). The topological polar surface area (TPSA) is 130 Å². The second kappa shape index (κ2) is 11.4. The van der Waals surface area contributed by atoms with Crippen LogP contribution in [0.25, 0.3) is 11.3 Å². The molecule has 0 aliphatic heterocycles. The number of hydrogen-bond acceptors (Lipinski definition) is 6. The molecular weight excluding hydrogens is 580 g/mol. The Morgan fingerprint density at radius 1 is 1.07 bits per heavy atom. The summed E-state index contributed by atoms with van der Waals surface area (Å²) in [7, 11) is 1.39. The predicted molar refractivity (Wildman–Crippen MR) is 148 cm³/mol. The number of methoxy groups -OCH3 is 1. The van der Waals surface area contributed by atoms with Gasteiger partial charge in [0.2, 0.25) is 5.91 Å². The Morgan fingerprint density at radius 2 is 1.76 bits per heavy atom. The molecule has 0 bridgehead atoms. The summed E-state index contributed by atoms with van der Waals surface area (Å²) in [6.45, 7) is 1.16. The van der Waals surface area contributed by atoms with E-state index in [0.717, 1.165) is 31.9 Å². The van der Waals surface area contributed by atoms with Crippen molar-refractivity contribution in [2.75, 3.05) is 13.7 Å². The summed E-state index contributed by atoms with van der Waals surface area (Å²) in [5.41, 5.74) is 6.40. The normalized spacial score (nSPS) is 16.2. The summed E-state index contributed by atoms with van der Waals surface area (Å²) in [4.78, 5) is 29.4. The van der Waals surface area contributed by atoms with Crippen LogP contribution in [0.5, 0.6) is 11.5 Å². The molecule has 2 atom stereocenters. The van der Waals surface area contributed by atoms with E-state index in [-0.39, 0.29) is 39.3 Å². The van der Waals surface area contributed by atoms with Gasteiger partial charge in [0, 0.05) is 17.7 Å². The molecule has 1 aliphatic rings. The van der Waals surface area contributed by atoms with Crippen LogP contribution >= 0.6 is 11.6 Å². The summed E-state index contributed by atoms with van der Waals surface area (Å²) in [6, 6.07) is 10.1. The van der Waals surface area contributed by atoms with Crippen molar-refractivity contribution in [3.8, 4) is 22.8 Å². The van der Waals surface area contributed by atoms with E-state index < -0.39 is 47.0 Å². The van der Waals surface area contributed by atoms with Crippen molar-refractivity contribution in [1.82, 2.24) is 10.3 Å². The minimum Gasteiger partial charge on any atom is -0.493 e. The highest BCUT2D eigenvalue weighted by molar-refractivity contribution is 6.31. The molecule has 2 aromatic carbocycles. The van der Waals surface area contributed by atoms with Gasteiger partial charge in [0.1, 0.15) is 16.8 Å². The van der Waals surface area contributed by atoms with E-state index in [4.69, 9.17) is 32.5 Å². The minimum absolute atomic E-state index is 0.0473. The predicted octanol–water partition coefficient (Wildman–Crippen LogP) is 5.00. The van der Waals surface area contributed by atoms with Gasteiger partial charge in [0.15, 0.2) is 11.5 Å². The summed E-state index contributed by atoms with van der Waals surface area (Å²) < 4.78 is 69.1. The second-order valence-corrected chi connectivity index (χ2v) is 10.9. The molecule has 13 heteroatoms.